The molecule has 1 aromatic rings. The molecule has 1 rings (SSSR count). The lowest BCUT2D eigenvalue weighted by Crippen LogP contribution is -2.44. The van der Waals surface area contributed by atoms with Gasteiger partial charge in [-0.2, -0.15) is 0 Å². The van der Waals surface area contributed by atoms with Crippen LogP contribution in [0, 0.1) is 0 Å². The molecule has 0 aliphatic rings. The molecule has 0 aliphatic carbocycles. The summed E-state index contributed by atoms with van der Waals surface area (Å²) in [5, 5.41) is 9.51. The number of nitrogens with zero attached hydrogens (tertiary/aromatic N) is 1. The van der Waals surface area contributed by atoms with Gasteiger partial charge in [0.15, 0.2) is 0 Å². The number of rotatable bonds is 6. The van der Waals surface area contributed by atoms with Crippen LogP contribution in [0.15, 0.2) is 18.2 Å². The molecule has 0 aliphatic heterocycles. The second-order valence-corrected chi connectivity index (χ2v) is 6.43. The summed E-state index contributed by atoms with van der Waals surface area (Å²) in [4.78, 5) is 11.3. The summed E-state index contributed by atoms with van der Waals surface area (Å²) in [5.74, 6) is -1.00. The van der Waals surface area contributed by atoms with Crippen molar-refractivity contribution in [2.45, 2.75) is 19.4 Å². The predicted molar refractivity (Wildman–Crippen MR) is 77.0 cm³/mol. The van der Waals surface area contributed by atoms with Crippen LogP contribution >= 0.6 is 11.6 Å². The van der Waals surface area contributed by atoms with E-state index in [9.17, 15) is 18.3 Å². The number of hydrogen-bond acceptors (Lipinski definition) is 4. The zero-order valence-electron chi connectivity index (χ0n) is 11.3. The van der Waals surface area contributed by atoms with E-state index in [2.05, 4.69) is 0 Å². The number of halogens is 1. The van der Waals surface area contributed by atoms with Gasteiger partial charge in [-0.3, -0.25) is 4.31 Å². The second-order valence-electron chi connectivity index (χ2n) is 4.14. The van der Waals surface area contributed by atoms with E-state index in [1.54, 1.807) is 6.92 Å². The summed E-state index contributed by atoms with van der Waals surface area (Å²) < 4.78 is 29.9. The van der Waals surface area contributed by atoms with Gasteiger partial charge in [-0.25, -0.2) is 13.2 Å². The van der Waals surface area contributed by atoms with Crippen molar-refractivity contribution in [1.82, 2.24) is 0 Å². The third-order valence-electron chi connectivity index (χ3n) is 2.69. The minimum Gasteiger partial charge on any atom is -0.495 e. The molecule has 0 unspecified atom stereocenters. The van der Waals surface area contributed by atoms with Crippen molar-refractivity contribution < 1.29 is 23.1 Å². The van der Waals surface area contributed by atoms with Gasteiger partial charge in [-0.1, -0.05) is 18.5 Å². The minimum atomic E-state index is -3.81. The molecule has 8 heteroatoms. The molecule has 0 amide bonds. The number of benzene rings is 1. The Labute approximate surface area is 123 Å². The number of sulfonamides is 1. The highest BCUT2D eigenvalue weighted by Crippen LogP contribution is 2.34. The van der Waals surface area contributed by atoms with Crippen LogP contribution in [0.4, 0.5) is 5.69 Å². The molecule has 0 saturated heterocycles. The summed E-state index contributed by atoms with van der Waals surface area (Å²) in [6.07, 6.45) is 1.05. The van der Waals surface area contributed by atoms with E-state index >= 15 is 0 Å². The van der Waals surface area contributed by atoms with Gasteiger partial charge in [0.2, 0.25) is 10.0 Å². The maximum absolute atomic E-state index is 12.0. The third-order valence-corrected chi connectivity index (χ3v) is 4.09. The summed E-state index contributed by atoms with van der Waals surface area (Å²) >= 11 is 5.87. The summed E-state index contributed by atoms with van der Waals surface area (Å²) in [7, 11) is -2.44. The van der Waals surface area contributed by atoms with Crippen LogP contribution in [0.2, 0.25) is 5.02 Å². The Morgan fingerprint density at radius 3 is 2.50 bits per heavy atom. The van der Waals surface area contributed by atoms with Gasteiger partial charge in [0, 0.05) is 5.02 Å². The number of carbonyl (C=O) groups is 1. The average molecular weight is 322 g/mol. The molecule has 1 N–H and O–H groups in total. The highest BCUT2D eigenvalue weighted by Gasteiger charge is 2.33. The lowest BCUT2D eigenvalue weighted by atomic mass is 10.2. The van der Waals surface area contributed by atoms with Crippen molar-refractivity contribution in [2.24, 2.45) is 0 Å². The van der Waals surface area contributed by atoms with Crippen LogP contribution in [0.25, 0.3) is 0 Å². The largest absolute Gasteiger partial charge is 0.495 e. The molecule has 0 spiro atoms. The molecule has 1 aromatic carbocycles. The topological polar surface area (TPSA) is 83.9 Å². The highest BCUT2D eigenvalue weighted by molar-refractivity contribution is 7.92. The van der Waals surface area contributed by atoms with Gasteiger partial charge < -0.3 is 9.84 Å². The molecule has 0 radical (unpaired) electrons. The number of aliphatic carboxylic acids is 1. The number of carboxylic acid groups (broad SMARTS) is 1. The van der Waals surface area contributed by atoms with E-state index in [1.807, 2.05) is 0 Å². The van der Waals surface area contributed by atoms with E-state index in [0.29, 0.717) is 0 Å². The Balaban J connectivity index is 3.54. The zero-order chi connectivity index (χ0) is 15.5. The van der Waals surface area contributed by atoms with Crippen molar-refractivity contribution in [2.75, 3.05) is 17.7 Å². The molecule has 0 bridgehead atoms. The first-order valence-corrected chi connectivity index (χ1v) is 8.00. The molecule has 20 heavy (non-hydrogen) atoms. The van der Waals surface area contributed by atoms with Crippen molar-refractivity contribution >= 4 is 33.3 Å². The lowest BCUT2D eigenvalue weighted by molar-refractivity contribution is -0.138. The summed E-state index contributed by atoms with van der Waals surface area (Å²) in [6, 6.07) is 3.17. The Hall–Kier alpha value is -1.47. The third kappa shape index (κ3) is 3.55. The Kier molecular flexibility index (Phi) is 5.24. The molecule has 0 heterocycles. The van der Waals surface area contributed by atoms with Crippen LogP contribution in [0.1, 0.15) is 13.3 Å². The summed E-state index contributed by atoms with van der Waals surface area (Å²) in [5.41, 5.74) is 0.108. The number of methoxy groups -OCH3 is 1. The molecule has 112 valence electrons. The van der Waals surface area contributed by atoms with E-state index in [-0.39, 0.29) is 22.9 Å². The van der Waals surface area contributed by atoms with E-state index in [4.69, 9.17) is 16.3 Å². The van der Waals surface area contributed by atoms with Crippen LogP contribution in [-0.2, 0) is 14.8 Å². The van der Waals surface area contributed by atoms with Gasteiger partial charge in [0.05, 0.1) is 19.1 Å². The fourth-order valence-corrected chi connectivity index (χ4v) is 3.22. The average Bonchev–Trinajstić information content (AvgIpc) is 2.33. The van der Waals surface area contributed by atoms with Crippen LogP contribution in [-0.4, -0.2) is 38.9 Å². The highest BCUT2D eigenvalue weighted by atomic mass is 35.5. The fraction of sp³-hybridized carbons (Fsp3) is 0.417. The van der Waals surface area contributed by atoms with Gasteiger partial charge >= 0.3 is 5.97 Å². The van der Waals surface area contributed by atoms with Crippen LogP contribution in [0.5, 0.6) is 5.75 Å². The van der Waals surface area contributed by atoms with Crippen molar-refractivity contribution in [1.29, 1.82) is 0 Å². The SMILES string of the molecule is CC[C@H](C(=O)O)N(c1cc(Cl)ccc1OC)S(C)(=O)=O. The van der Waals surface area contributed by atoms with E-state index < -0.39 is 22.0 Å². The number of ether oxygens (including phenoxy) is 1. The van der Waals surface area contributed by atoms with Crippen molar-refractivity contribution in [3.05, 3.63) is 23.2 Å². The van der Waals surface area contributed by atoms with Crippen molar-refractivity contribution in [3.8, 4) is 5.75 Å². The van der Waals surface area contributed by atoms with Crippen LogP contribution < -0.4 is 9.04 Å². The first kappa shape index (κ1) is 16.6. The monoisotopic (exact) mass is 321 g/mol. The first-order chi connectivity index (χ1) is 9.22. The first-order valence-electron chi connectivity index (χ1n) is 5.78. The maximum Gasteiger partial charge on any atom is 0.327 e. The van der Waals surface area contributed by atoms with Crippen molar-refractivity contribution in [3.63, 3.8) is 0 Å². The smallest absolute Gasteiger partial charge is 0.327 e. The normalized spacial score (nSPS) is 12.8. The minimum absolute atomic E-state index is 0.108. The van der Waals surface area contributed by atoms with E-state index in [1.165, 1.54) is 25.3 Å². The van der Waals surface area contributed by atoms with Gasteiger partial charge in [0.25, 0.3) is 0 Å². The van der Waals surface area contributed by atoms with E-state index in [0.717, 1.165) is 10.6 Å². The summed E-state index contributed by atoms with van der Waals surface area (Å²) in [6.45, 7) is 1.59. The number of carboxylic acids is 1. The predicted octanol–water partition coefficient (Wildman–Crippen LogP) is 1.98. The molecular weight excluding hydrogens is 306 g/mol. The molecule has 0 fully saturated rings. The standard InChI is InChI=1S/C12H16ClNO5S/c1-4-9(12(15)16)14(20(3,17)18)10-7-8(13)5-6-11(10)19-2/h5-7,9H,4H2,1-3H3,(H,15,16)/t9-/m1/s1. The molecule has 0 aromatic heterocycles. The molecular formula is C12H16ClNO5S. The molecule has 6 nitrogen and oxygen atoms in total. The second kappa shape index (κ2) is 6.32. The van der Waals surface area contributed by atoms with Crippen LogP contribution in [0.3, 0.4) is 0 Å². The zero-order valence-corrected chi connectivity index (χ0v) is 12.9. The Morgan fingerprint density at radius 1 is 1.50 bits per heavy atom. The number of anilines is 1. The quantitative estimate of drug-likeness (QED) is 0.866. The van der Waals surface area contributed by atoms with Gasteiger partial charge in [0.1, 0.15) is 11.8 Å². The lowest BCUT2D eigenvalue weighted by Gasteiger charge is -2.29. The fourth-order valence-electron chi connectivity index (χ4n) is 1.85. The van der Waals surface area contributed by atoms with Gasteiger partial charge in [-0.15, -0.1) is 0 Å². The number of hydrogen-bond donors (Lipinski definition) is 1. The molecule has 1 atom stereocenters. The molecule has 0 saturated carbocycles. The van der Waals surface area contributed by atoms with Gasteiger partial charge in [-0.05, 0) is 24.6 Å². The Morgan fingerprint density at radius 2 is 2.10 bits per heavy atom. The maximum atomic E-state index is 12.0. The Bertz CT molecular complexity index is 602.